The monoisotopic (exact) mass is 493 g/mol. The minimum Gasteiger partial charge on any atom is -0.508 e. The number of unbranched alkanes of at least 4 members (excludes halogenated alkanes) is 2. The van der Waals surface area contributed by atoms with Crippen LogP contribution in [0.1, 0.15) is 43.4 Å². The first-order valence-electron chi connectivity index (χ1n) is 11.6. The van der Waals surface area contributed by atoms with Crippen molar-refractivity contribution in [3.05, 3.63) is 95.1 Å². The lowest BCUT2D eigenvalue weighted by atomic mass is 9.95. The van der Waals surface area contributed by atoms with E-state index < -0.39 is 35.1 Å². The molecule has 186 valence electrons. The summed E-state index contributed by atoms with van der Waals surface area (Å²) >= 11 is 0. The van der Waals surface area contributed by atoms with Gasteiger partial charge in [0.25, 0.3) is 11.7 Å². The minimum absolute atomic E-state index is 0.0702. The molecule has 1 aliphatic heterocycles. The van der Waals surface area contributed by atoms with Crippen molar-refractivity contribution < 1.29 is 33.3 Å². The lowest BCUT2D eigenvalue weighted by molar-refractivity contribution is -0.132. The molecule has 0 radical (unpaired) electrons. The second-order valence-corrected chi connectivity index (χ2v) is 8.44. The van der Waals surface area contributed by atoms with E-state index in [1.165, 1.54) is 24.3 Å². The highest BCUT2D eigenvalue weighted by Crippen LogP contribution is 2.43. The zero-order chi connectivity index (χ0) is 25.8. The molecule has 1 fully saturated rings. The zero-order valence-electron chi connectivity index (χ0n) is 19.6. The number of carbonyl (C=O) groups is 2. The number of nitrogens with zero attached hydrogens (tertiary/aromatic N) is 1. The maximum Gasteiger partial charge on any atom is 0.300 e. The van der Waals surface area contributed by atoms with E-state index in [1.54, 1.807) is 30.3 Å². The molecule has 1 aliphatic rings. The topological polar surface area (TPSA) is 87.1 Å². The number of carbonyl (C=O) groups excluding carboxylic acids is 2. The normalized spacial score (nSPS) is 17.0. The molecule has 6 nitrogen and oxygen atoms in total. The first kappa shape index (κ1) is 24.9. The molecular formula is C28H25F2NO5. The van der Waals surface area contributed by atoms with Gasteiger partial charge in [0.05, 0.1) is 18.2 Å². The van der Waals surface area contributed by atoms with Crippen LogP contribution >= 0.6 is 0 Å². The Labute approximate surface area is 207 Å². The van der Waals surface area contributed by atoms with Crippen LogP contribution < -0.4 is 9.64 Å². The van der Waals surface area contributed by atoms with Gasteiger partial charge in [-0.05, 0) is 60.5 Å². The lowest BCUT2D eigenvalue weighted by Crippen LogP contribution is -2.29. The van der Waals surface area contributed by atoms with E-state index in [9.17, 15) is 28.6 Å². The summed E-state index contributed by atoms with van der Waals surface area (Å²) in [5.74, 6) is -4.30. The van der Waals surface area contributed by atoms with Crippen LogP contribution in [-0.4, -0.2) is 28.5 Å². The molecule has 0 bridgehead atoms. The predicted octanol–water partition coefficient (Wildman–Crippen LogP) is 5.87. The predicted molar refractivity (Wildman–Crippen MR) is 131 cm³/mol. The molecular weight excluding hydrogens is 468 g/mol. The maximum atomic E-state index is 14.0. The van der Waals surface area contributed by atoms with Gasteiger partial charge in [0.15, 0.2) is 11.6 Å². The average Bonchev–Trinajstić information content (AvgIpc) is 3.14. The fraction of sp³-hybridized carbons (Fsp3) is 0.214. The number of halogens is 2. The van der Waals surface area contributed by atoms with Crippen molar-refractivity contribution in [3.8, 4) is 11.5 Å². The number of aliphatic hydroxyl groups excluding tert-OH is 1. The van der Waals surface area contributed by atoms with Crippen molar-refractivity contribution in [1.29, 1.82) is 0 Å². The Hall–Kier alpha value is -4.20. The number of anilines is 1. The number of hydrogen-bond acceptors (Lipinski definition) is 5. The number of hydrogen-bond donors (Lipinski definition) is 2. The number of rotatable bonds is 8. The number of phenols is 1. The molecule has 3 aromatic carbocycles. The first-order chi connectivity index (χ1) is 17.3. The van der Waals surface area contributed by atoms with E-state index in [1.807, 2.05) is 0 Å². The van der Waals surface area contributed by atoms with Gasteiger partial charge in [-0.1, -0.05) is 31.9 Å². The van der Waals surface area contributed by atoms with E-state index >= 15 is 0 Å². The fourth-order valence-corrected chi connectivity index (χ4v) is 4.15. The first-order valence-corrected chi connectivity index (χ1v) is 11.6. The maximum absolute atomic E-state index is 14.0. The largest absolute Gasteiger partial charge is 0.508 e. The molecule has 2 N–H and O–H groups in total. The molecule has 36 heavy (non-hydrogen) atoms. The van der Waals surface area contributed by atoms with Crippen LogP contribution in [0.2, 0.25) is 0 Å². The summed E-state index contributed by atoms with van der Waals surface area (Å²) in [5.41, 5.74) is 0.256. The molecule has 0 spiro atoms. The van der Waals surface area contributed by atoms with Crippen LogP contribution in [0.15, 0.2) is 72.3 Å². The number of ketones is 1. The van der Waals surface area contributed by atoms with Gasteiger partial charge in [0.2, 0.25) is 0 Å². The summed E-state index contributed by atoms with van der Waals surface area (Å²) in [6.45, 7) is 2.65. The third-order valence-electron chi connectivity index (χ3n) is 5.96. The summed E-state index contributed by atoms with van der Waals surface area (Å²) < 4.78 is 33.3. The Morgan fingerprint density at radius 3 is 2.39 bits per heavy atom. The molecule has 1 saturated heterocycles. The van der Waals surface area contributed by atoms with Crippen molar-refractivity contribution in [3.63, 3.8) is 0 Å². The fourth-order valence-electron chi connectivity index (χ4n) is 4.15. The summed E-state index contributed by atoms with van der Waals surface area (Å²) in [5, 5.41) is 21.2. The highest BCUT2D eigenvalue weighted by molar-refractivity contribution is 6.51. The van der Waals surface area contributed by atoms with Gasteiger partial charge in [-0.2, -0.15) is 0 Å². The van der Waals surface area contributed by atoms with Crippen molar-refractivity contribution in [2.45, 2.75) is 32.2 Å². The number of phenolic OH excluding ortho intramolecular Hbond substituents is 1. The SMILES string of the molecule is CCCCCOc1ccc(/C(O)=C2\C(=O)C(=O)N(c3ccc(F)c(F)c3)C2c2cccc(O)c2)cc1. The van der Waals surface area contributed by atoms with Gasteiger partial charge >= 0.3 is 0 Å². The van der Waals surface area contributed by atoms with Crippen LogP contribution in [0.25, 0.3) is 5.76 Å². The van der Waals surface area contributed by atoms with E-state index in [4.69, 9.17) is 4.74 Å². The standard InChI is InChI=1S/C28H25F2NO5/c1-2-3-4-14-36-21-11-8-17(9-12-21)26(33)24-25(18-6-5-7-20(32)15-18)31(28(35)27(24)34)19-10-13-22(29)23(30)16-19/h5-13,15-16,25,32-33H,2-4,14H2,1H3/b26-24+. The molecule has 3 aromatic rings. The second kappa shape index (κ2) is 10.6. The minimum atomic E-state index is -1.20. The third-order valence-corrected chi connectivity index (χ3v) is 5.96. The summed E-state index contributed by atoms with van der Waals surface area (Å²) in [4.78, 5) is 27.2. The summed E-state index contributed by atoms with van der Waals surface area (Å²) in [7, 11) is 0. The third kappa shape index (κ3) is 4.93. The molecule has 1 atom stereocenters. The van der Waals surface area contributed by atoms with Crippen molar-refractivity contribution >= 4 is 23.1 Å². The van der Waals surface area contributed by atoms with Crippen LogP contribution in [-0.2, 0) is 9.59 Å². The zero-order valence-corrected chi connectivity index (χ0v) is 19.6. The Kier molecular flexibility index (Phi) is 7.33. The Bertz CT molecular complexity index is 1320. The number of aromatic hydroxyl groups is 1. The van der Waals surface area contributed by atoms with Crippen LogP contribution in [0.4, 0.5) is 14.5 Å². The number of ether oxygens (including phenoxy) is 1. The van der Waals surface area contributed by atoms with Crippen molar-refractivity contribution in [1.82, 2.24) is 0 Å². The van der Waals surface area contributed by atoms with Crippen molar-refractivity contribution in [2.75, 3.05) is 11.5 Å². The highest BCUT2D eigenvalue weighted by atomic mass is 19.2. The van der Waals surface area contributed by atoms with Gasteiger partial charge in [0, 0.05) is 17.3 Å². The van der Waals surface area contributed by atoms with Crippen LogP contribution in [0, 0.1) is 11.6 Å². The van der Waals surface area contributed by atoms with Crippen molar-refractivity contribution in [2.24, 2.45) is 0 Å². The molecule has 1 amide bonds. The lowest BCUT2D eigenvalue weighted by Gasteiger charge is -2.25. The smallest absolute Gasteiger partial charge is 0.300 e. The Morgan fingerprint density at radius 1 is 0.972 bits per heavy atom. The number of aliphatic hydroxyl groups is 1. The van der Waals surface area contributed by atoms with E-state index in [0.29, 0.717) is 17.9 Å². The molecule has 4 rings (SSSR count). The molecule has 0 saturated carbocycles. The van der Waals surface area contributed by atoms with Crippen LogP contribution in [0.5, 0.6) is 11.5 Å². The van der Waals surface area contributed by atoms with E-state index in [2.05, 4.69) is 6.92 Å². The number of amides is 1. The molecule has 0 aromatic heterocycles. The number of Topliss-reactive ketones (excluding diaryl/α,β-unsaturated/α-hetero) is 1. The molecule has 1 unspecified atom stereocenters. The van der Waals surface area contributed by atoms with E-state index in [-0.39, 0.29) is 22.6 Å². The molecule has 0 aliphatic carbocycles. The summed E-state index contributed by atoms with van der Waals surface area (Å²) in [6, 6.07) is 13.9. The molecule has 8 heteroatoms. The van der Waals surface area contributed by atoms with Gasteiger partial charge in [-0.3, -0.25) is 14.5 Å². The van der Waals surface area contributed by atoms with Gasteiger partial charge < -0.3 is 14.9 Å². The van der Waals surface area contributed by atoms with Gasteiger partial charge in [0.1, 0.15) is 17.3 Å². The number of benzene rings is 3. The second-order valence-electron chi connectivity index (χ2n) is 8.44. The Balaban J connectivity index is 1.77. The van der Waals surface area contributed by atoms with Crippen LogP contribution in [0.3, 0.4) is 0 Å². The highest BCUT2D eigenvalue weighted by Gasteiger charge is 2.47. The van der Waals surface area contributed by atoms with E-state index in [0.717, 1.165) is 36.3 Å². The quantitative estimate of drug-likeness (QED) is 0.178. The molecule has 1 heterocycles. The average molecular weight is 494 g/mol. The Morgan fingerprint density at radius 2 is 1.72 bits per heavy atom. The van der Waals surface area contributed by atoms with Gasteiger partial charge in [-0.15, -0.1) is 0 Å². The summed E-state index contributed by atoms with van der Waals surface area (Å²) in [6.07, 6.45) is 3.03. The van der Waals surface area contributed by atoms with Gasteiger partial charge in [-0.25, -0.2) is 8.78 Å².